The molecule has 0 aromatic heterocycles. The van der Waals surface area contributed by atoms with Crippen LogP contribution in [0.2, 0.25) is 0 Å². The molecule has 0 amide bonds. The maximum absolute atomic E-state index is 8.88. The normalized spacial score (nSPS) is 10.5. The maximum atomic E-state index is 8.88. The van der Waals surface area contributed by atoms with Crippen LogP contribution in [0.15, 0.2) is 0 Å². The second-order valence-corrected chi connectivity index (χ2v) is 3.10. The van der Waals surface area contributed by atoms with Gasteiger partial charge in [0.15, 0.2) is 0 Å². The molecule has 0 aromatic rings. The SMILES string of the molecule is O=P(O)(O)O.[K+].[O]=[Mn](=[O])(=[O])[O-]. The zero-order valence-electron chi connectivity index (χ0n) is 5.21. The molecule has 0 saturated heterocycles. The van der Waals surface area contributed by atoms with Crippen molar-refractivity contribution in [1.29, 1.82) is 0 Å². The Morgan fingerprint density at radius 2 is 1.09 bits per heavy atom. The molecule has 0 spiro atoms. The fourth-order valence-electron chi connectivity index (χ4n) is 0. The minimum atomic E-state index is -5.62. The molecule has 0 heterocycles. The van der Waals surface area contributed by atoms with Crippen LogP contribution in [0.4, 0.5) is 0 Å². The number of hydrogen-bond acceptors (Lipinski definition) is 5. The van der Waals surface area contributed by atoms with E-state index in [1.807, 2.05) is 0 Å². The third-order valence-electron chi connectivity index (χ3n) is 0. The van der Waals surface area contributed by atoms with Gasteiger partial charge in [0, 0.05) is 0 Å². The van der Waals surface area contributed by atoms with E-state index in [0.717, 1.165) is 0 Å². The topological polar surface area (TPSA) is 152 Å². The van der Waals surface area contributed by atoms with E-state index >= 15 is 0 Å². The molecule has 8 nitrogen and oxygen atoms in total. The van der Waals surface area contributed by atoms with Crippen molar-refractivity contribution < 1.29 is 99.3 Å². The Hall–Kier alpha value is 1.63. The Balaban J connectivity index is -0.000000107. The zero-order valence-corrected chi connectivity index (χ0v) is 10.4. The van der Waals surface area contributed by atoms with Gasteiger partial charge in [0.05, 0.1) is 0 Å². The van der Waals surface area contributed by atoms with Crippen molar-refractivity contribution in [2.24, 2.45) is 0 Å². The number of rotatable bonds is 0. The summed E-state index contributed by atoms with van der Waals surface area (Å²) in [5, 5.41) is 0. The summed E-state index contributed by atoms with van der Waals surface area (Å²) >= 11 is -5.62. The molecule has 0 aliphatic carbocycles. The molecule has 0 rings (SSSR count). The van der Waals surface area contributed by atoms with E-state index in [2.05, 4.69) is 0 Å². The predicted molar refractivity (Wildman–Crippen MR) is 16.3 cm³/mol. The quantitative estimate of drug-likeness (QED) is 0.286. The van der Waals surface area contributed by atoms with Crippen molar-refractivity contribution >= 4 is 7.82 Å². The van der Waals surface area contributed by atoms with Gasteiger partial charge in [0.1, 0.15) is 0 Å². The van der Waals surface area contributed by atoms with Gasteiger partial charge in [-0.15, -0.1) is 0 Å². The molecule has 0 saturated carbocycles. The number of hydrogen-bond donors (Lipinski definition) is 3. The average molecular weight is 256 g/mol. The van der Waals surface area contributed by atoms with Gasteiger partial charge in [-0.25, -0.2) is 4.57 Å². The first-order valence-corrected chi connectivity index (χ1v) is 4.89. The van der Waals surface area contributed by atoms with Crippen molar-refractivity contribution in [2.75, 3.05) is 0 Å². The number of phosphoric acid groups is 1. The van der Waals surface area contributed by atoms with Crippen LogP contribution in [0.25, 0.3) is 0 Å². The van der Waals surface area contributed by atoms with Gasteiger partial charge in [-0.3, -0.25) is 0 Å². The summed E-state index contributed by atoms with van der Waals surface area (Å²) in [7, 11) is -4.64. The van der Waals surface area contributed by atoms with Gasteiger partial charge in [-0.2, -0.15) is 0 Å². The van der Waals surface area contributed by atoms with Crippen LogP contribution >= 0.6 is 7.82 Å². The van der Waals surface area contributed by atoms with Gasteiger partial charge in [0.2, 0.25) is 0 Å². The van der Waals surface area contributed by atoms with Crippen molar-refractivity contribution in [1.82, 2.24) is 0 Å². The van der Waals surface area contributed by atoms with E-state index in [1.54, 1.807) is 0 Å². The molecule has 0 aliphatic rings. The van der Waals surface area contributed by atoms with Crippen molar-refractivity contribution in [2.45, 2.75) is 0 Å². The molecule has 11 heteroatoms. The summed E-state index contributed by atoms with van der Waals surface area (Å²) in [5.74, 6) is 0. The van der Waals surface area contributed by atoms with Crippen molar-refractivity contribution in [3.05, 3.63) is 0 Å². The third-order valence-corrected chi connectivity index (χ3v) is 0. The monoisotopic (exact) mass is 256 g/mol. The summed E-state index contributed by atoms with van der Waals surface area (Å²) in [6.07, 6.45) is 0. The van der Waals surface area contributed by atoms with Crippen LogP contribution in [0.3, 0.4) is 0 Å². The van der Waals surface area contributed by atoms with Crippen LogP contribution < -0.4 is 55.6 Å². The van der Waals surface area contributed by atoms with Crippen LogP contribution in [-0.2, 0) is 29.0 Å². The minimum absolute atomic E-state index is 0. The second-order valence-electron chi connectivity index (χ2n) is 0.891. The van der Waals surface area contributed by atoms with Gasteiger partial charge >= 0.3 is 87.9 Å². The summed E-state index contributed by atoms with van der Waals surface area (Å²) in [6.45, 7) is 0. The second kappa shape index (κ2) is 7.07. The fourth-order valence-corrected chi connectivity index (χ4v) is 0. The van der Waals surface area contributed by atoms with E-state index in [4.69, 9.17) is 34.9 Å². The molecule has 0 unspecified atom stereocenters. The molecule has 0 atom stereocenters. The van der Waals surface area contributed by atoms with E-state index in [1.165, 1.54) is 0 Å². The van der Waals surface area contributed by atoms with Gasteiger partial charge < -0.3 is 14.7 Å². The van der Waals surface area contributed by atoms with E-state index in [9.17, 15) is 0 Å². The van der Waals surface area contributed by atoms with Gasteiger partial charge in [-0.05, 0) is 0 Å². The molecule has 11 heavy (non-hydrogen) atoms. The molecule has 0 aromatic carbocycles. The zero-order chi connectivity index (χ0) is 9.00. The summed E-state index contributed by atoms with van der Waals surface area (Å²) in [5.41, 5.74) is 0. The average Bonchev–Trinajstić information content (AvgIpc) is 1.12. The van der Waals surface area contributed by atoms with Crippen LogP contribution in [-0.4, -0.2) is 14.7 Å². The summed E-state index contributed by atoms with van der Waals surface area (Å²) < 4.78 is 43.2. The molecule has 0 radical (unpaired) electrons. The van der Waals surface area contributed by atoms with E-state index in [-0.39, 0.29) is 51.4 Å². The Labute approximate surface area is 105 Å². The standard InChI is InChI=1S/K.Mn.H3O4P.4O/c;;1-5(2,3)4;;;;/h;;(H3,1,2,3,4);;;;/q+1;;;;;;-1. The first kappa shape index (κ1) is 18.4. The molecule has 0 bridgehead atoms. The molecular formula is H3KMnO8P. The molecule has 0 aliphatic heterocycles. The first-order valence-electron chi connectivity index (χ1n) is 1.40. The van der Waals surface area contributed by atoms with Crippen molar-refractivity contribution in [3.8, 4) is 0 Å². The van der Waals surface area contributed by atoms with E-state index in [0.29, 0.717) is 0 Å². The van der Waals surface area contributed by atoms with Crippen LogP contribution in [0.5, 0.6) is 0 Å². The van der Waals surface area contributed by atoms with Crippen molar-refractivity contribution in [3.63, 3.8) is 0 Å². The molecule has 0 fully saturated rings. The van der Waals surface area contributed by atoms with E-state index < -0.39 is 20.8 Å². The Morgan fingerprint density at radius 3 is 1.09 bits per heavy atom. The Morgan fingerprint density at radius 1 is 1.09 bits per heavy atom. The van der Waals surface area contributed by atoms with Crippen LogP contribution in [0, 0.1) is 0 Å². The molecular weight excluding hydrogens is 253 g/mol. The summed E-state index contributed by atoms with van der Waals surface area (Å²) in [4.78, 5) is 21.6. The Bertz CT molecular complexity index is 238. The van der Waals surface area contributed by atoms with Crippen LogP contribution in [0.1, 0.15) is 0 Å². The Kier molecular flexibility index (Phi) is 11.8. The molecule has 64 valence electrons. The molecule has 3 N–H and O–H groups in total. The summed E-state index contributed by atoms with van der Waals surface area (Å²) in [6, 6.07) is 0. The van der Waals surface area contributed by atoms with Gasteiger partial charge in [-0.1, -0.05) is 0 Å². The predicted octanol–water partition coefficient (Wildman–Crippen LogP) is -5.47. The van der Waals surface area contributed by atoms with Gasteiger partial charge in [0.25, 0.3) is 0 Å². The first-order chi connectivity index (χ1) is 4.00. The fraction of sp³-hybridized carbons (Fsp3) is 0. The third kappa shape index (κ3) is 408.